The summed E-state index contributed by atoms with van der Waals surface area (Å²) >= 11 is 0. The number of nitrogens with zero attached hydrogens (tertiary/aromatic N) is 1. The molecule has 3 aromatic rings. The summed E-state index contributed by atoms with van der Waals surface area (Å²) in [4.78, 5) is 19.0. The lowest BCUT2D eigenvalue weighted by Gasteiger charge is -2.05. The van der Waals surface area contributed by atoms with Gasteiger partial charge in [-0.2, -0.15) is 0 Å². The van der Waals surface area contributed by atoms with E-state index in [9.17, 15) is 4.79 Å². The highest BCUT2D eigenvalue weighted by Gasteiger charge is 2.12. The van der Waals surface area contributed by atoms with Crippen LogP contribution in [0.25, 0.3) is 11.0 Å². The van der Waals surface area contributed by atoms with Crippen molar-refractivity contribution < 1.29 is 9.21 Å². The van der Waals surface area contributed by atoms with Crippen LogP contribution in [0.4, 0.5) is 0 Å². The molecule has 0 aliphatic rings. The van der Waals surface area contributed by atoms with Gasteiger partial charge in [0.15, 0.2) is 0 Å². The number of amides is 1. The van der Waals surface area contributed by atoms with Crippen molar-refractivity contribution in [3.63, 3.8) is 0 Å². The SMILES string of the molecule is Cc1cc(C)c2c(CC(=O)NCCc3cnc[nH]3)coc2c1. The molecule has 0 radical (unpaired) electrons. The number of fused-ring (bicyclic) bond motifs is 1. The lowest BCUT2D eigenvalue weighted by Crippen LogP contribution is -2.27. The van der Waals surface area contributed by atoms with E-state index in [1.54, 1.807) is 18.8 Å². The standard InChI is InChI=1S/C17H19N3O2/c1-11-5-12(2)17-13(9-22-15(17)6-11)7-16(21)19-4-3-14-8-18-10-20-14/h5-6,8-10H,3-4,7H2,1-2H3,(H,18,20)(H,19,21). The maximum Gasteiger partial charge on any atom is 0.224 e. The zero-order valence-corrected chi connectivity index (χ0v) is 12.8. The van der Waals surface area contributed by atoms with Gasteiger partial charge in [-0.15, -0.1) is 0 Å². The molecule has 22 heavy (non-hydrogen) atoms. The average Bonchev–Trinajstić information content (AvgIpc) is 3.09. The van der Waals surface area contributed by atoms with Crippen LogP contribution in [0.2, 0.25) is 0 Å². The zero-order valence-electron chi connectivity index (χ0n) is 12.8. The van der Waals surface area contributed by atoms with Gasteiger partial charge in [-0.25, -0.2) is 4.98 Å². The molecule has 5 heteroatoms. The van der Waals surface area contributed by atoms with E-state index < -0.39 is 0 Å². The zero-order chi connectivity index (χ0) is 15.5. The van der Waals surface area contributed by atoms with E-state index >= 15 is 0 Å². The summed E-state index contributed by atoms with van der Waals surface area (Å²) in [7, 11) is 0. The van der Waals surface area contributed by atoms with Crippen molar-refractivity contribution in [2.24, 2.45) is 0 Å². The topological polar surface area (TPSA) is 70.9 Å². The molecule has 2 aromatic heterocycles. The Morgan fingerprint density at radius 1 is 1.36 bits per heavy atom. The Labute approximate surface area is 128 Å². The predicted octanol–water partition coefficient (Wildman–Crippen LogP) is 2.67. The molecule has 3 rings (SSSR count). The van der Waals surface area contributed by atoms with Gasteiger partial charge < -0.3 is 14.7 Å². The van der Waals surface area contributed by atoms with Gasteiger partial charge in [-0.1, -0.05) is 6.07 Å². The minimum Gasteiger partial charge on any atom is -0.464 e. The molecule has 2 N–H and O–H groups in total. The van der Waals surface area contributed by atoms with Gasteiger partial charge >= 0.3 is 0 Å². The second kappa shape index (κ2) is 6.05. The van der Waals surface area contributed by atoms with E-state index in [2.05, 4.69) is 21.4 Å². The number of benzene rings is 1. The molecule has 5 nitrogen and oxygen atoms in total. The van der Waals surface area contributed by atoms with Crippen LogP contribution in [0.1, 0.15) is 22.4 Å². The van der Waals surface area contributed by atoms with Gasteiger partial charge in [0.2, 0.25) is 5.91 Å². The van der Waals surface area contributed by atoms with E-state index in [0.29, 0.717) is 13.0 Å². The second-order valence-corrected chi connectivity index (χ2v) is 5.57. The van der Waals surface area contributed by atoms with Crippen LogP contribution >= 0.6 is 0 Å². The fourth-order valence-electron chi connectivity index (χ4n) is 2.75. The lowest BCUT2D eigenvalue weighted by molar-refractivity contribution is -0.120. The number of hydrogen-bond acceptors (Lipinski definition) is 3. The lowest BCUT2D eigenvalue weighted by atomic mass is 10.0. The molecule has 0 spiro atoms. The largest absolute Gasteiger partial charge is 0.464 e. The number of furan rings is 1. The fourth-order valence-corrected chi connectivity index (χ4v) is 2.75. The monoisotopic (exact) mass is 297 g/mol. The molecule has 0 bridgehead atoms. The summed E-state index contributed by atoms with van der Waals surface area (Å²) in [5.74, 6) is 0.00203. The quantitative estimate of drug-likeness (QED) is 0.760. The molecule has 0 saturated carbocycles. The maximum atomic E-state index is 12.1. The highest BCUT2D eigenvalue weighted by molar-refractivity contribution is 5.90. The maximum absolute atomic E-state index is 12.1. The first-order chi connectivity index (χ1) is 10.6. The summed E-state index contributed by atoms with van der Waals surface area (Å²) in [5, 5.41) is 3.98. The fraction of sp³-hybridized carbons (Fsp3) is 0.294. The highest BCUT2D eigenvalue weighted by atomic mass is 16.3. The first-order valence-corrected chi connectivity index (χ1v) is 7.35. The Bertz CT molecular complexity index is 788. The van der Waals surface area contributed by atoms with Crippen LogP contribution in [0.5, 0.6) is 0 Å². The van der Waals surface area contributed by atoms with Crippen molar-refractivity contribution in [2.75, 3.05) is 6.54 Å². The Morgan fingerprint density at radius 2 is 2.23 bits per heavy atom. The van der Waals surface area contributed by atoms with Gasteiger partial charge in [0, 0.05) is 35.8 Å². The van der Waals surface area contributed by atoms with Crippen molar-refractivity contribution in [1.29, 1.82) is 0 Å². The molecule has 0 aliphatic heterocycles. The average molecular weight is 297 g/mol. The van der Waals surface area contributed by atoms with Crippen molar-refractivity contribution in [2.45, 2.75) is 26.7 Å². The van der Waals surface area contributed by atoms with Crippen molar-refractivity contribution in [3.05, 3.63) is 53.3 Å². The molecule has 0 atom stereocenters. The third-order valence-corrected chi connectivity index (χ3v) is 3.72. The van der Waals surface area contributed by atoms with Crippen molar-refractivity contribution in [3.8, 4) is 0 Å². The van der Waals surface area contributed by atoms with Gasteiger partial charge in [0.05, 0.1) is 19.0 Å². The summed E-state index contributed by atoms with van der Waals surface area (Å²) in [5.41, 5.74) is 5.10. The van der Waals surface area contributed by atoms with E-state index in [0.717, 1.165) is 39.8 Å². The number of aryl methyl sites for hydroxylation is 2. The minimum absolute atomic E-state index is 0.00203. The van der Waals surface area contributed by atoms with E-state index in [4.69, 9.17) is 4.42 Å². The number of carbonyl (C=O) groups is 1. The molecule has 0 aliphatic carbocycles. The predicted molar refractivity (Wildman–Crippen MR) is 84.7 cm³/mol. The van der Waals surface area contributed by atoms with Gasteiger partial charge in [0.1, 0.15) is 5.58 Å². The molecular formula is C17H19N3O2. The van der Waals surface area contributed by atoms with Crippen molar-refractivity contribution >= 4 is 16.9 Å². The number of H-pyrrole nitrogens is 1. The molecule has 114 valence electrons. The molecule has 0 saturated heterocycles. The van der Waals surface area contributed by atoms with Crippen LogP contribution in [0.15, 0.2) is 35.3 Å². The van der Waals surface area contributed by atoms with E-state index in [1.807, 2.05) is 19.9 Å². The molecule has 0 fully saturated rings. The number of imidazole rings is 1. The first kappa shape index (κ1) is 14.4. The number of rotatable bonds is 5. The van der Waals surface area contributed by atoms with Crippen LogP contribution in [0, 0.1) is 13.8 Å². The molecular weight excluding hydrogens is 278 g/mol. The second-order valence-electron chi connectivity index (χ2n) is 5.57. The third-order valence-electron chi connectivity index (χ3n) is 3.72. The number of aromatic amines is 1. The normalized spacial score (nSPS) is 11.0. The van der Waals surface area contributed by atoms with Crippen LogP contribution in [-0.2, 0) is 17.6 Å². The van der Waals surface area contributed by atoms with E-state index in [-0.39, 0.29) is 5.91 Å². The molecule has 1 amide bonds. The Morgan fingerprint density at radius 3 is 3.00 bits per heavy atom. The Kier molecular flexibility index (Phi) is 3.96. The molecule has 1 aromatic carbocycles. The van der Waals surface area contributed by atoms with E-state index in [1.165, 1.54) is 0 Å². The summed E-state index contributed by atoms with van der Waals surface area (Å²) in [6.07, 6.45) is 6.17. The van der Waals surface area contributed by atoms with Gasteiger partial charge in [0.25, 0.3) is 0 Å². The number of aromatic nitrogens is 2. The first-order valence-electron chi connectivity index (χ1n) is 7.35. The molecule has 2 heterocycles. The minimum atomic E-state index is 0.00203. The van der Waals surface area contributed by atoms with Crippen LogP contribution in [0.3, 0.4) is 0 Å². The Hall–Kier alpha value is -2.56. The Balaban J connectivity index is 1.64. The smallest absolute Gasteiger partial charge is 0.224 e. The number of carbonyl (C=O) groups excluding carboxylic acids is 1. The highest BCUT2D eigenvalue weighted by Crippen LogP contribution is 2.26. The third kappa shape index (κ3) is 3.03. The van der Waals surface area contributed by atoms with Gasteiger partial charge in [-0.05, 0) is 31.0 Å². The van der Waals surface area contributed by atoms with Crippen LogP contribution in [-0.4, -0.2) is 22.4 Å². The number of hydrogen-bond donors (Lipinski definition) is 2. The summed E-state index contributed by atoms with van der Waals surface area (Å²) in [6, 6.07) is 4.11. The van der Waals surface area contributed by atoms with Crippen LogP contribution < -0.4 is 5.32 Å². The van der Waals surface area contributed by atoms with Gasteiger partial charge in [-0.3, -0.25) is 4.79 Å². The number of nitrogens with one attached hydrogen (secondary N) is 2. The van der Waals surface area contributed by atoms with Crippen molar-refractivity contribution in [1.82, 2.24) is 15.3 Å². The molecule has 0 unspecified atom stereocenters. The summed E-state index contributed by atoms with van der Waals surface area (Å²) in [6.45, 7) is 4.68. The summed E-state index contributed by atoms with van der Waals surface area (Å²) < 4.78 is 5.58.